The first-order valence-corrected chi connectivity index (χ1v) is 7.17. The van der Waals surface area contributed by atoms with Crippen molar-refractivity contribution >= 4 is 21.6 Å². The number of halogens is 1. The van der Waals surface area contributed by atoms with E-state index in [2.05, 4.69) is 14.7 Å². The minimum Gasteiger partial charge on any atom is -0.349 e. The molecule has 0 bridgehead atoms. The highest BCUT2D eigenvalue weighted by Crippen LogP contribution is 2.14. The molecule has 0 atom stereocenters. The van der Waals surface area contributed by atoms with Gasteiger partial charge in [0.2, 0.25) is 10.0 Å². The van der Waals surface area contributed by atoms with Crippen LogP contribution < -0.4 is 4.72 Å². The number of benzene rings is 1. The molecule has 7 heteroatoms. The predicted octanol–water partition coefficient (Wildman–Crippen LogP) is 1.58. The maximum atomic E-state index is 11.9. The van der Waals surface area contributed by atoms with Crippen molar-refractivity contribution in [2.45, 2.75) is 11.3 Å². The summed E-state index contributed by atoms with van der Waals surface area (Å²) in [5.74, 6) is 0.740. The quantitative estimate of drug-likeness (QED) is 0.876. The fourth-order valence-electron chi connectivity index (χ4n) is 1.46. The molecule has 0 aliphatic rings. The molecule has 0 saturated heterocycles. The summed E-state index contributed by atoms with van der Waals surface area (Å²) in [4.78, 5) is 7.08. The van der Waals surface area contributed by atoms with Crippen LogP contribution in [0.3, 0.4) is 0 Å². The zero-order valence-electron chi connectivity index (χ0n) is 9.43. The van der Waals surface area contributed by atoms with Gasteiger partial charge in [-0.15, -0.1) is 0 Å². The lowest BCUT2D eigenvalue weighted by Crippen LogP contribution is -2.26. The first-order chi connectivity index (χ1) is 8.58. The second-order valence-electron chi connectivity index (χ2n) is 3.64. The third-order valence-electron chi connectivity index (χ3n) is 2.32. The molecule has 0 fully saturated rings. The molecule has 18 heavy (non-hydrogen) atoms. The number of aromatic amines is 1. The summed E-state index contributed by atoms with van der Waals surface area (Å²) in [5, 5.41) is 0.393. The zero-order chi connectivity index (χ0) is 13.0. The van der Waals surface area contributed by atoms with E-state index in [1.54, 1.807) is 24.5 Å². The molecule has 0 unspecified atom stereocenters. The van der Waals surface area contributed by atoms with Crippen LogP contribution in [0, 0.1) is 0 Å². The Hall–Kier alpha value is -1.37. The van der Waals surface area contributed by atoms with Gasteiger partial charge in [-0.3, -0.25) is 0 Å². The molecule has 5 nitrogen and oxygen atoms in total. The molecule has 0 amide bonds. The van der Waals surface area contributed by atoms with Crippen LogP contribution in [0.25, 0.3) is 0 Å². The molecule has 0 aliphatic carbocycles. The Morgan fingerprint density at radius 1 is 1.39 bits per heavy atom. The highest BCUT2D eigenvalue weighted by molar-refractivity contribution is 7.89. The Bertz CT molecular complexity index is 611. The number of imidazole rings is 1. The molecule has 1 aromatic heterocycles. The molecule has 0 saturated carbocycles. The number of H-pyrrole nitrogens is 1. The third-order valence-corrected chi connectivity index (χ3v) is 4.01. The summed E-state index contributed by atoms with van der Waals surface area (Å²) in [6.07, 6.45) is 3.83. The van der Waals surface area contributed by atoms with Crippen molar-refractivity contribution in [1.29, 1.82) is 0 Å². The number of rotatable bonds is 5. The SMILES string of the molecule is O=S(=O)(NCCc1ncc[nH]1)c1cccc(Cl)c1. The highest BCUT2D eigenvalue weighted by atomic mass is 35.5. The van der Waals surface area contributed by atoms with Gasteiger partial charge in [-0.05, 0) is 18.2 Å². The number of sulfonamides is 1. The van der Waals surface area contributed by atoms with Crippen LogP contribution in [0.5, 0.6) is 0 Å². The van der Waals surface area contributed by atoms with E-state index >= 15 is 0 Å². The average molecular weight is 286 g/mol. The Morgan fingerprint density at radius 3 is 2.89 bits per heavy atom. The van der Waals surface area contributed by atoms with Gasteiger partial charge in [0.15, 0.2) is 0 Å². The molecule has 0 aliphatic heterocycles. The molecular weight excluding hydrogens is 274 g/mol. The molecular formula is C11H12ClN3O2S. The average Bonchev–Trinajstić information content (AvgIpc) is 2.82. The number of nitrogens with one attached hydrogen (secondary N) is 2. The lowest BCUT2D eigenvalue weighted by Gasteiger charge is -2.06. The topological polar surface area (TPSA) is 74.8 Å². The fraction of sp³-hybridized carbons (Fsp3) is 0.182. The number of hydrogen-bond donors (Lipinski definition) is 2. The third kappa shape index (κ3) is 3.32. The van der Waals surface area contributed by atoms with E-state index in [9.17, 15) is 8.42 Å². The highest BCUT2D eigenvalue weighted by Gasteiger charge is 2.13. The van der Waals surface area contributed by atoms with Crippen LogP contribution in [0.1, 0.15) is 5.82 Å². The monoisotopic (exact) mass is 285 g/mol. The van der Waals surface area contributed by atoms with Crippen LogP contribution in [0.4, 0.5) is 0 Å². The molecule has 96 valence electrons. The van der Waals surface area contributed by atoms with Crippen LogP contribution in [-0.4, -0.2) is 24.9 Å². The van der Waals surface area contributed by atoms with E-state index in [4.69, 9.17) is 11.6 Å². The van der Waals surface area contributed by atoms with E-state index < -0.39 is 10.0 Å². The van der Waals surface area contributed by atoms with Gasteiger partial charge in [-0.25, -0.2) is 18.1 Å². The molecule has 0 radical (unpaired) electrons. The van der Waals surface area contributed by atoms with Gasteiger partial charge in [0.1, 0.15) is 5.82 Å². The van der Waals surface area contributed by atoms with Gasteiger partial charge in [0.05, 0.1) is 4.90 Å². The number of hydrogen-bond acceptors (Lipinski definition) is 3. The van der Waals surface area contributed by atoms with Crippen LogP contribution in [-0.2, 0) is 16.4 Å². The zero-order valence-corrected chi connectivity index (χ0v) is 11.0. The van der Waals surface area contributed by atoms with Crippen molar-refractivity contribution in [3.05, 3.63) is 47.5 Å². The van der Waals surface area contributed by atoms with Gasteiger partial charge in [-0.1, -0.05) is 17.7 Å². The first kappa shape index (κ1) is 13.1. The largest absolute Gasteiger partial charge is 0.349 e. The van der Waals surface area contributed by atoms with E-state index in [-0.39, 0.29) is 11.4 Å². The smallest absolute Gasteiger partial charge is 0.240 e. The number of aromatic nitrogens is 2. The summed E-state index contributed by atoms with van der Waals surface area (Å²) in [7, 11) is -3.51. The molecule has 1 heterocycles. The maximum absolute atomic E-state index is 11.9. The normalized spacial score (nSPS) is 11.6. The maximum Gasteiger partial charge on any atom is 0.240 e. The van der Waals surface area contributed by atoms with Crippen molar-refractivity contribution in [2.75, 3.05) is 6.54 Å². The lowest BCUT2D eigenvalue weighted by molar-refractivity contribution is 0.581. The van der Waals surface area contributed by atoms with Gasteiger partial charge < -0.3 is 4.98 Å². The second kappa shape index (κ2) is 5.51. The van der Waals surface area contributed by atoms with E-state index in [1.165, 1.54) is 12.1 Å². The van der Waals surface area contributed by atoms with Gasteiger partial charge in [-0.2, -0.15) is 0 Å². The summed E-state index contributed by atoms with van der Waals surface area (Å²) < 4.78 is 26.3. The fourth-order valence-corrected chi connectivity index (χ4v) is 2.79. The summed E-state index contributed by atoms with van der Waals surface area (Å²) >= 11 is 5.76. The van der Waals surface area contributed by atoms with Gasteiger partial charge in [0.25, 0.3) is 0 Å². The van der Waals surface area contributed by atoms with Crippen molar-refractivity contribution in [3.63, 3.8) is 0 Å². The molecule has 0 spiro atoms. The van der Waals surface area contributed by atoms with Gasteiger partial charge >= 0.3 is 0 Å². The minimum absolute atomic E-state index is 0.162. The first-order valence-electron chi connectivity index (χ1n) is 5.31. The molecule has 2 N–H and O–H groups in total. The Balaban J connectivity index is 1.99. The summed E-state index contributed by atoms with van der Waals surface area (Å²) in [6.45, 7) is 0.280. The predicted molar refractivity (Wildman–Crippen MR) is 68.9 cm³/mol. The summed E-state index contributed by atoms with van der Waals surface area (Å²) in [5.41, 5.74) is 0. The van der Waals surface area contributed by atoms with Crippen LogP contribution in [0.15, 0.2) is 41.6 Å². The van der Waals surface area contributed by atoms with E-state index in [0.717, 1.165) is 5.82 Å². The van der Waals surface area contributed by atoms with E-state index in [1.807, 2.05) is 0 Å². The standard InChI is InChI=1S/C11H12ClN3O2S/c12-9-2-1-3-10(8-9)18(16,17)15-5-4-11-13-6-7-14-11/h1-3,6-8,15H,4-5H2,(H,13,14). The minimum atomic E-state index is -3.51. The van der Waals surface area contributed by atoms with Crippen molar-refractivity contribution < 1.29 is 8.42 Å². The number of nitrogens with zero attached hydrogens (tertiary/aromatic N) is 1. The van der Waals surface area contributed by atoms with Crippen LogP contribution in [0.2, 0.25) is 5.02 Å². The lowest BCUT2D eigenvalue weighted by atomic mass is 10.4. The van der Waals surface area contributed by atoms with Crippen molar-refractivity contribution in [2.24, 2.45) is 0 Å². The van der Waals surface area contributed by atoms with Crippen molar-refractivity contribution in [3.8, 4) is 0 Å². The Labute approximate surface area is 110 Å². The Morgan fingerprint density at radius 2 is 2.22 bits per heavy atom. The summed E-state index contributed by atoms with van der Waals surface area (Å²) in [6, 6.07) is 6.14. The van der Waals surface area contributed by atoms with Crippen molar-refractivity contribution in [1.82, 2.24) is 14.7 Å². The molecule has 2 aromatic rings. The van der Waals surface area contributed by atoms with Crippen LogP contribution >= 0.6 is 11.6 Å². The second-order valence-corrected chi connectivity index (χ2v) is 5.84. The van der Waals surface area contributed by atoms with Gasteiger partial charge in [0, 0.05) is 30.4 Å². The molecule has 1 aromatic carbocycles. The Kier molecular flexibility index (Phi) is 4.00. The van der Waals surface area contributed by atoms with E-state index in [0.29, 0.717) is 11.4 Å². The molecule has 2 rings (SSSR count).